The fraction of sp³-hybridized carbons (Fsp3) is 0.417. The molecule has 1 aromatic carbocycles. The summed E-state index contributed by atoms with van der Waals surface area (Å²) in [6, 6.07) is 10.2. The van der Waals surface area contributed by atoms with Crippen LogP contribution in [0.1, 0.15) is 25.6 Å². The molecule has 1 unspecified atom stereocenters. The molecule has 0 radical (unpaired) electrons. The number of nitrogens with zero attached hydrogens (tertiary/aromatic N) is 2. The highest BCUT2D eigenvalue weighted by Crippen LogP contribution is 2.26. The van der Waals surface area contributed by atoms with E-state index in [1.807, 2.05) is 37.1 Å². The maximum absolute atomic E-state index is 5.67. The number of hydrazone groups is 1. The van der Waals surface area contributed by atoms with Gasteiger partial charge in [-0.05, 0) is 13.8 Å². The van der Waals surface area contributed by atoms with Crippen LogP contribution in [0.5, 0.6) is 0 Å². The van der Waals surface area contributed by atoms with E-state index in [-0.39, 0.29) is 6.23 Å². The van der Waals surface area contributed by atoms with Crippen LogP contribution >= 0.6 is 0 Å². The normalized spacial score (nSPS) is 20.4. The van der Waals surface area contributed by atoms with Crippen LogP contribution in [0.3, 0.4) is 0 Å². The largest absolute Gasteiger partial charge is 0.351 e. The van der Waals surface area contributed by atoms with Crippen molar-refractivity contribution >= 4 is 5.71 Å². The molecular formula is C12H16N2O. The monoisotopic (exact) mass is 204 g/mol. The Bertz CT molecular complexity index is 344. The van der Waals surface area contributed by atoms with Crippen molar-refractivity contribution in [2.45, 2.75) is 20.1 Å². The molecule has 1 fully saturated rings. The Morgan fingerprint density at radius 2 is 2.07 bits per heavy atom. The Hall–Kier alpha value is -1.35. The van der Waals surface area contributed by atoms with Crippen molar-refractivity contribution in [3.8, 4) is 0 Å². The van der Waals surface area contributed by atoms with Gasteiger partial charge in [0.05, 0.1) is 13.2 Å². The highest BCUT2D eigenvalue weighted by molar-refractivity contribution is 5.78. The van der Waals surface area contributed by atoms with Gasteiger partial charge in [0.2, 0.25) is 0 Å². The van der Waals surface area contributed by atoms with E-state index in [0.29, 0.717) is 0 Å². The lowest BCUT2D eigenvalue weighted by Gasteiger charge is -2.20. The van der Waals surface area contributed by atoms with Gasteiger partial charge in [-0.25, -0.2) is 0 Å². The maximum Gasteiger partial charge on any atom is 0.171 e. The fourth-order valence-corrected chi connectivity index (χ4v) is 1.71. The first-order chi connectivity index (χ1) is 7.27. The molecule has 3 heteroatoms. The van der Waals surface area contributed by atoms with E-state index < -0.39 is 0 Å². The molecule has 15 heavy (non-hydrogen) atoms. The quantitative estimate of drug-likeness (QED) is 0.691. The second kappa shape index (κ2) is 4.45. The summed E-state index contributed by atoms with van der Waals surface area (Å²) in [6.45, 7) is 5.61. The van der Waals surface area contributed by atoms with Crippen molar-refractivity contribution < 1.29 is 4.74 Å². The molecule has 1 aliphatic rings. The summed E-state index contributed by atoms with van der Waals surface area (Å²) in [6.07, 6.45) is -0.0129. The highest BCUT2D eigenvalue weighted by Gasteiger charge is 2.25. The number of hydrogen-bond donors (Lipinski definition) is 0. The first-order valence-electron chi connectivity index (χ1n) is 5.22. The van der Waals surface area contributed by atoms with E-state index in [1.165, 1.54) is 5.56 Å². The van der Waals surface area contributed by atoms with Gasteiger partial charge in [0.15, 0.2) is 6.23 Å². The molecule has 3 nitrogen and oxygen atoms in total. The van der Waals surface area contributed by atoms with Gasteiger partial charge in [-0.1, -0.05) is 30.3 Å². The minimum absolute atomic E-state index is 0.0129. The Kier molecular flexibility index (Phi) is 3.02. The second-order valence-electron chi connectivity index (χ2n) is 3.84. The van der Waals surface area contributed by atoms with E-state index >= 15 is 0 Å². The smallest absolute Gasteiger partial charge is 0.171 e. The summed E-state index contributed by atoms with van der Waals surface area (Å²) in [5, 5.41) is 6.46. The summed E-state index contributed by atoms with van der Waals surface area (Å²) >= 11 is 0. The zero-order valence-electron chi connectivity index (χ0n) is 9.18. The topological polar surface area (TPSA) is 24.8 Å². The van der Waals surface area contributed by atoms with Gasteiger partial charge >= 0.3 is 0 Å². The van der Waals surface area contributed by atoms with Crippen LogP contribution < -0.4 is 0 Å². The second-order valence-corrected chi connectivity index (χ2v) is 3.84. The Morgan fingerprint density at radius 1 is 1.33 bits per heavy atom. The summed E-state index contributed by atoms with van der Waals surface area (Å²) in [5.41, 5.74) is 2.22. The van der Waals surface area contributed by atoms with Crippen molar-refractivity contribution in [1.82, 2.24) is 5.01 Å². The van der Waals surface area contributed by atoms with Gasteiger partial charge in [-0.15, -0.1) is 0 Å². The van der Waals surface area contributed by atoms with Crippen LogP contribution in [0.4, 0.5) is 0 Å². The van der Waals surface area contributed by atoms with Gasteiger partial charge in [0.1, 0.15) is 0 Å². The fourth-order valence-electron chi connectivity index (χ4n) is 1.71. The molecule has 1 heterocycles. The summed E-state index contributed by atoms with van der Waals surface area (Å²) in [7, 11) is 0. The van der Waals surface area contributed by atoms with Crippen LogP contribution in [-0.2, 0) is 4.74 Å². The van der Waals surface area contributed by atoms with E-state index in [9.17, 15) is 0 Å². The molecule has 1 aliphatic heterocycles. The van der Waals surface area contributed by atoms with Crippen LogP contribution in [0.2, 0.25) is 0 Å². The van der Waals surface area contributed by atoms with E-state index in [0.717, 1.165) is 18.9 Å². The van der Waals surface area contributed by atoms with Gasteiger partial charge in [0.25, 0.3) is 0 Å². The number of hydrogen-bond acceptors (Lipinski definition) is 3. The van der Waals surface area contributed by atoms with Crippen LogP contribution in [0, 0.1) is 0 Å². The minimum atomic E-state index is -0.0129. The predicted octanol–water partition coefficient (Wildman–Crippen LogP) is 2.41. The Labute approximate surface area is 90.4 Å². The van der Waals surface area contributed by atoms with Gasteiger partial charge in [-0.3, -0.25) is 5.01 Å². The predicted molar refractivity (Wildman–Crippen MR) is 60.6 cm³/mol. The standard InChI is InChI=1S/C12H16N2O/c1-10(2)13-14-8-9-15-12(14)11-6-4-3-5-7-11/h3-7,12H,8-9H2,1-2H3. The van der Waals surface area contributed by atoms with E-state index in [1.54, 1.807) is 0 Å². The maximum atomic E-state index is 5.67. The molecule has 0 aromatic heterocycles. The number of rotatable bonds is 2. The molecule has 80 valence electrons. The lowest BCUT2D eigenvalue weighted by atomic mass is 10.2. The SMILES string of the molecule is CC(C)=NN1CCOC1c1ccccc1. The molecule has 1 saturated heterocycles. The molecule has 2 rings (SSSR count). The van der Waals surface area contributed by atoms with E-state index in [2.05, 4.69) is 17.2 Å². The van der Waals surface area contributed by atoms with Crippen molar-refractivity contribution in [3.63, 3.8) is 0 Å². The molecule has 1 aromatic rings. The molecule has 0 aliphatic carbocycles. The average molecular weight is 204 g/mol. The zero-order valence-corrected chi connectivity index (χ0v) is 9.18. The van der Waals surface area contributed by atoms with Gasteiger partial charge in [-0.2, -0.15) is 5.10 Å². The van der Waals surface area contributed by atoms with Crippen molar-refractivity contribution in [2.24, 2.45) is 5.10 Å². The highest BCUT2D eigenvalue weighted by atomic mass is 16.5. The third kappa shape index (κ3) is 2.36. The number of ether oxygens (including phenoxy) is 1. The lowest BCUT2D eigenvalue weighted by Crippen LogP contribution is -2.18. The van der Waals surface area contributed by atoms with Gasteiger partial charge in [0, 0.05) is 11.3 Å². The lowest BCUT2D eigenvalue weighted by molar-refractivity contribution is 0.0340. The number of benzene rings is 1. The van der Waals surface area contributed by atoms with Crippen LogP contribution in [-0.4, -0.2) is 23.9 Å². The Balaban J connectivity index is 2.19. The molecule has 0 N–H and O–H groups in total. The summed E-state index contributed by atoms with van der Waals surface area (Å²) in [4.78, 5) is 0. The molecular weight excluding hydrogens is 188 g/mol. The van der Waals surface area contributed by atoms with Crippen LogP contribution in [0.25, 0.3) is 0 Å². The third-order valence-corrected chi connectivity index (χ3v) is 2.28. The van der Waals surface area contributed by atoms with E-state index in [4.69, 9.17) is 4.74 Å². The molecule has 0 amide bonds. The molecule has 0 saturated carbocycles. The van der Waals surface area contributed by atoms with Crippen molar-refractivity contribution in [3.05, 3.63) is 35.9 Å². The Morgan fingerprint density at radius 3 is 2.73 bits per heavy atom. The summed E-state index contributed by atoms with van der Waals surface area (Å²) < 4.78 is 5.67. The van der Waals surface area contributed by atoms with Crippen molar-refractivity contribution in [1.29, 1.82) is 0 Å². The molecule has 0 spiro atoms. The summed E-state index contributed by atoms with van der Waals surface area (Å²) in [5.74, 6) is 0. The zero-order chi connectivity index (χ0) is 10.7. The minimum Gasteiger partial charge on any atom is -0.351 e. The molecule has 0 bridgehead atoms. The third-order valence-electron chi connectivity index (χ3n) is 2.28. The first kappa shape index (κ1) is 10.2. The average Bonchev–Trinajstić information content (AvgIpc) is 2.66. The van der Waals surface area contributed by atoms with Crippen molar-refractivity contribution in [2.75, 3.05) is 13.2 Å². The van der Waals surface area contributed by atoms with Crippen LogP contribution in [0.15, 0.2) is 35.4 Å². The molecule has 1 atom stereocenters. The first-order valence-corrected chi connectivity index (χ1v) is 5.22. The van der Waals surface area contributed by atoms with Gasteiger partial charge < -0.3 is 4.74 Å².